The van der Waals surface area contributed by atoms with E-state index in [0.29, 0.717) is 16.5 Å². The smallest absolute Gasteiger partial charge is 0.318 e. The van der Waals surface area contributed by atoms with Gasteiger partial charge in [0.15, 0.2) is 0 Å². The van der Waals surface area contributed by atoms with Gasteiger partial charge in [0, 0.05) is 17.3 Å². The van der Waals surface area contributed by atoms with E-state index in [1.54, 1.807) is 0 Å². The van der Waals surface area contributed by atoms with E-state index in [9.17, 15) is 13.2 Å². The number of carbonyl (C=O) groups is 1. The number of hydrogen-bond donors (Lipinski definition) is 4. The highest BCUT2D eigenvalue weighted by Gasteiger charge is 2.36. The van der Waals surface area contributed by atoms with Crippen molar-refractivity contribution in [1.29, 1.82) is 0 Å². The number of thiophene rings is 1. The Balaban J connectivity index is 1.55. The fourth-order valence-corrected chi connectivity index (χ4v) is 6.33. The first kappa shape index (κ1) is 20.9. The van der Waals surface area contributed by atoms with Crippen LogP contribution in [0.2, 0.25) is 4.34 Å². The topological polar surface area (TPSA) is 111 Å². The third kappa shape index (κ3) is 4.39. The minimum atomic E-state index is -3.77. The number of rotatable bonds is 8. The largest absolute Gasteiger partial charge is 0.480 e. The molecule has 0 unspecified atom stereocenters. The lowest BCUT2D eigenvalue weighted by Crippen LogP contribution is -2.39. The summed E-state index contributed by atoms with van der Waals surface area (Å²) in [6.45, 7) is 3.49. The average Bonchev–Trinajstić information content (AvgIpc) is 3.32. The molecule has 4 N–H and O–H groups in total. The van der Waals surface area contributed by atoms with Gasteiger partial charge in [0.2, 0.25) is 10.0 Å². The number of carboxylic acid groups (broad SMARTS) is 1. The lowest BCUT2D eigenvalue weighted by atomic mass is 10.0. The Morgan fingerprint density at radius 2 is 2.10 bits per heavy atom. The molecule has 0 radical (unpaired) electrons. The van der Waals surface area contributed by atoms with Crippen molar-refractivity contribution in [2.45, 2.75) is 18.4 Å². The zero-order chi connectivity index (χ0) is 21.5. The number of aromatic nitrogens is 1. The first-order valence-electron chi connectivity index (χ1n) is 9.22. The number of carboxylic acids is 1. The van der Waals surface area contributed by atoms with E-state index in [4.69, 9.17) is 16.7 Å². The molecular weight excluding hydrogens is 446 g/mol. The van der Waals surface area contributed by atoms with Gasteiger partial charge in [-0.05, 0) is 29.7 Å². The summed E-state index contributed by atoms with van der Waals surface area (Å²) in [5.74, 6) is -1.77. The Hall–Kier alpha value is -2.33. The first-order valence-corrected chi connectivity index (χ1v) is 12.1. The van der Waals surface area contributed by atoms with Crippen molar-refractivity contribution in [3.05, 3.63) is 64.1 Å². The average molecular weight is 466 g/mol. The van der Waals surface area contributed by atoms with Gasteiger partial charge in [-0.1, -0.05) is 42.4 Å². The van der Waals surface area contributed by atoms with E-state index in [2.05, 4.69) is 21.6 Å². The number of H-pyrrole nitrogens is 1. The number of nitrogens with one attached hydrogen (secondary N) is 3. The van der Waals surface area contributed by atoms with Crippen molar-refractivity contribution in [3.8, 4) is 0 Å². The highest BCUT2D eigenvalue weighted by molar-refractivity contribution is 7.89. The maximum atomic E-state index is 12.5. The van der Waals surface area contributed by atoms with E-state index in [1.807, 2.05) is 36.4 Å². The summed E-state index contributed by atoms with van der Waals surface area (Å²) in [5, 5.41) is 13.2. The molecule has 10 heteroatoms. The predicted octanol–water partition coefficient (Wildman–Crippen LogP) is 3.16. The van der Waals surface area contributed by atoms with E-state index >= 15 is 0 Å². The zero-order valence-electron chi connectivity index (χ0n) is 15.8. The molecule has 1 aliphatic carbocycles. The molecule has 0 amide bonds. The number of fused-ring (bicyclic) bond motifs is 2. The number of sulfonamides is 1. The molecule has 3 aromatic rings. The lowest BCUT2D eigenvalue weighted by molar-refractivity contribution is -0.135. The number of benzene rings is 1. The maximum Gasteiger partial charge on any atom is 0.318 e. The molecule has 1 aliphatic rings. The highest BCUT2D eigenvalue weighted by atomic mass is 35.5. The van der Waals surface area contributed by atoms with Crippen LogP contribution in [0.15, 0.2) is 43.0 Å². The van der Waals surface area contributed by atoms with Gasteiger partial charge in [-0.3, -0.25) is 4.79 Å². The van der Waals surface area contributed by atoms with Crippen molar-refractivity contribution in [3.63, 3.8) is 0 Å². The molecule has 2 atom stereocenters. The number of halogens is 1. The molecular formula is C20H20ClN3O4S2. The Morgan fingerprint density at radius 1 is 1.33 bits per heavy atom. The third-order valence-corrected chi connectivity index (χ3v) is 7.76. The predicted molar refractivity (Wildman–Crippen MR) is 119 cm³/mol. The van der Waals surface area contributed by atoms with Crippen LogP contribution in [0, 0.1) is 0 Å². The molecule has 2 heterocycles. The van der Waals surface area contributed by atoms with Crippen LogP contribution < -0.4 is 10.0 Å². The quantitative estimate of drug-likeness (QED) is 0.408. The van der Waals surface area contributed by atoms with E-state index < -0.39 is 22.5 Å². The van der Waals surface area contributed by atoms with Crippen LogP contribution >= 0.6 is 22.9 Å². The highest BCUT2D eigenvalue weighted by Crippen LogP contribution is 2.36. The van der Waals surface area contributed by atoms with Crippen LogP contribution in [-0.4, -0.2) is 42.8 Å². The molecule has 4 rings (SSSR count). The zero-order valence-corrected chi connectivity index (χ0v) is 18.2. The van der Waals surface area contributed by atoms with Crippen LogP contribution in [0.25, 0.3) is 15.9 Å². The fraction of sp³-hybridized carbons (Fsp3) is 0.250. The third-order valence-electron chi connectivity index (χ3n) is 5.19. The molecule has 158 valence electrons. The summed E-state index contributed by atoms with van der Waals surface area (Å²) in [4.78, 5) is 15.0. The second-order valence-electron chi connectivity index (χ2n) is 7.25. The minimum Gasteiger partial charge on any atom is -0.480 e. The van der Waals surface area contributed by atoms with E-state index in [-0.39, 0.29) is 17.7 Å². The standard InChI is InChI=1S/C20H20ClN3O4S2/c1-11(16-7-13-8-18(21)29-20(13)24-16)23-17-6-12-4-2-3-5-14(12)15(17)10-30(27,28)22-9-19(25)26/h2-5,7-8,15,17,22-24H,1,6,9-10H2,(H,25,26)/t15-,17-/m1/s1. The lowest BCUT2D eigenvalue weighted by Gasteiger charge is -2.23. The van der Waals surface area contributed by atoms with Crippen LogP contribution in [0.3, 0.4) is 0 Å². The Kier molecular flexibility index (Phi) is 5.63. The van der Waals surface area contributed by atoms with Gasteiger partial charge in [-0.15, -0.1) is 11.3 Å². The molecule has 0 aliphatic heterocycles. The monoisotopic (exact) mass is 465 g/mol. The number of aliphatic carboxylic acids is 1. The molecule has 7 nitrogen and oxygen atoms in total. The summed E-state index contributed by atoms with van der Waals surface area (Å²) in [6, 6.07) is 11.3. The van der Waals surface area contributed by atoms with Gasteiger partial charge < -0.3 is 15.4 Å². The Labute approximate surface area is 182 Å². The molecule has 2 aromatic heterocycles. The maximum absolute atomic E-state index is 12.5. The summed E-state index contributed by atoms with van der Waals surface area (Å²) in [6.07, 6.45) is 0.648. The second-order valence-corrected chi connectivity index (χ2v) is 10.8. The summed E-state index contributed by atoms with van der Waals surface area (Å²) >= 11 is 7.48. The van der Waals surface area contributed by atoms with Crippen molar-refractivity contribution >= 4 is 54.8 Å². The summed E-state index contributed by atoms with van der Waals surface area (Å²) in [5.41, 5.74) is 3.49. The Morgan fingerprint density at radius 3 is 2.83 bits per heavy atom. The van der Waals surface area contributed by atoms with Crippen LogP contribution in [0.5, 0.6) is 0 Å². The van der Waals surface area contributed by atoms with Crippen LogP contribution in [0.4, 0.5) is 0 Å². The molecule has 0 saturated carbocycles. The van der Waals surface area contributed by atoms with Crippen LogP contribution in [-0.2, 0) is 21.2 Å². The normalized spacial score (nSPS) is 18.4. The van der Waals surface area contributed by atoms with E-state index in [0.717, 1.165) is 27.0 Å². The second kappa shape index (κ2) is 8.07. The fourth-order valence-electron chi connectivity index (χ4n) is 3.86. The van der Waals surface area contributed by atoms with Crippen molar-refractivity contribution < 1.29 is 18.3 Å². The molecule has 30 heavy (non-hydrogen) atoms. The van der Waals surface area contributed by atoms with Gasteiger partial charge in [0.25, 0.3) is 0 Å². The number of aromatic amines is 1. The molecule has 0 spiro atoms. The van der Waals surface area contributed by atoms with Gasteiger partial charge in [0.1, 0.15) is 11.4 Å². The first-order chi connectivity index (χ1) is 14.2. The Bertz CT molecular complexity index is 1200. The summed E-state index contributed by atoms with van der Waals surface area (Å²) in [7, 11) is -3.77. The molecule has 0 saturated heterocycles. The van der Waals surface area contributed by atoms with Crippen molar-refractivity contribution in [2.75, 3.05) is 12.3 Å². The summed E-state index contributed by atoms with van der Waals surface area (Å²) < 4.78 is 27.8. The van der Waals surface area contributed by atoms with E-state index in [1.165, 1.54) is 11.3 Å². The molecule has 1 aromatic carbocycles. The van der Waals surface area contributed by atoms with Gasteiger partial charge in [-0.2, -0.15) is 0 Å². The van der Waals surface area contributed by atoms with Gasteiger partial charge >= 0.3 is 5.97 Å². The van der Waals surface area contributed by atoms with Crippen molar-refractivity contribution in [1.82, 2.24) is 15.0 Å². The van der Waals surface area contributed by atoms with Gasteiger partial charge in [-0.25, -0.2) is 13.1 Å². The van der Waals surface area contributed by atoms with Gasteiger partial charge in [0.05, 0.1) is 21.5 Å². The van der Waals surface area contributed by atoms with Crippen molar-refractivity contribution in [2.24, 2.45) is 0 Å². The number of hydrogen-bond acceptors (Lipinski definition) is 5. The minimum absolute atomic E-state index is 0.193. The molecule has 0 bridgehead atoms. The SMILES string of the molecule is C=C(N[C@@H]1Cc2ccccc2[C@H]1CS(=O)(=O)NCC(=O)O)c1cc2cc(Cl)sc2[nH]1. The molecule has 0 fully saturated rings. The van der Waals surface area contributed by atoms with Crippen LogP contribution in [0.1, 0.15) is 22.7 Å².